The summed E-state index contributed by atoms with van der Waals surface area (Å²) in [6, 6.07) is 19.6. The van der Waals surface area contributed by atoms with E-state index in [9.17, 15) is 27.4 Å². The Morgan fingerprint density at radius 1 is 0.825 bits per heavy atom. The minimum Gasteiger partial charge on any atom is -0.344 e. The van der Waals surface area contributed by atoms with Crippen LogP contribution in [0.2, 0.25) is 0 Å². The number of hydrogen-bond acceptors (Lipinski definition) is 7. The molecule has 0 unspecified atom stereocenters. The van der Waals surface area contributed by atoms with E-state index in [0.29, 0.717) is 29.8 Å². The SMILES string of the molecule is CCN1C(=CC=CC=CC2=[N+](CCCCCC(=O)ON3C(=O)CCC3=O)c3ccc4c(S(=O)(=O)O)cccc4c3C2(C)C)C(C)(C)c2c1ccc1c(C)cccc21. The lowest BCUT2D eigenvalue weighted by molar-refractivity contribution is -0.438. The molecular weight excluding hydrogens is 739 g/mol. The Morgan fingerprint density at radius 3 is 2.21 bits per heavy atom. The first kappa shape index (κ1) is 39.8. The van der Waals surface area contributed by atoms with Crippen LogP contribution in [-0.2, 0) is 40.2 Å². The fourth-order valence-corrected chi connectivity index (χ4v) is 9.76. The molecule has 4 aromatic carbocycles. The van der Waals surface area contributed by atoms with E-state index >= 15 is 0 Å². The highest BCUT2D eigenvalue weighted by atomic mass is 32.2. The van der Waals surface area contributed by atoms with Crippen LogP contribution in [0.25, 0.3) is 21.5 Å². The molecular formula is C46H50N3O7S+. The lowest BCUT2D eigenvalue weighted by atomic mass is 9.79. The number of unbranched alkanes of at least 4 members (excludes halogenated alkanes) is 2. The molecule has 11 heteroatoms. The van der Waals surface area contributed by atoms with Gasteiger partial charge in [-0.15, -0.1) is 5.06 Å². The molecule has 7 rings (SSSR count). The Balaban J connectivity index is 1.16. The second kappa shape index (κ2) is 15.2. The van der Waals surface area contributed by atoms with Gasteiger partial charge >= 0.3 is 5.97 Å². The normalized spacial score (nSPS) is 18.3. The van der Waals surface area contributed by atoms with Crippen LogP contribution in [0.1, 0.15) is 89.8 Å². The molecule has 0 saturated carbocycles. The number of anilines is 1. The molecule has 2 amide bonds. The molecule has 296 valence electrons. The van der Waals surface area contributed by atoms with Crippen molar-refractivity contribution in [2.45, 2.75) is 95.8 Å². The van der Waals surface area contributed by atoms with Crippen LogP contribution in [0.5, 0.6) is 0 Å². The van der Waals surface area contributed by atoms with E-state index in [1.54, 1.807) is 12.1 Å². The molecule has 0 bridgehead atoms. The molecule has 3 aliphatic heterocycles. The van der Waals surface area contributed by atoms with Gasteiger partial charge in [0.05, 0.1) is 5.41 Å². The average molecular weight is 789 g/mol. The highest BCUT2D eigenvalue weighted by Gasteiger charge is 2.46. The Morgan fingerprint density at radius 2 is 1.51 bits per heavy atom. The molecule has 1 N–H and O–H groups in total. The van der Waals surface area contributed by atoms with Crippen molar-refractivity contribution in [3.8, 4) is 0 Å². The predicted octanol–water partition coefficient (Wildman–Crippen LogP) is 8.91. The third-order valence-corrected chi connectivity index (χ3v) is 12.6. The first-order chi connectivity index (χ1) is 27.1. The fourth-order valence-electron chi connectivity index (χ4n) is 9.06. The minimum absolute atomic E-state index is 0.0504. The quantitative estimate of drug-likeness (QED) is 0.0497. The summed E-state index contributed by atoms with van der Waals surface area (Å²) in [5.74, 6) is -1.61. The second-order valence-corrected chi connectivity index (χ2v) is 17.5. The maximum absolute atomic E-state index is 12.4. The summed E-state index contributed by atoms with van der Waals surface area (Å²) in [4.78, 5) is 43.4. The number of carbonyl (C=O) groups is 3. The summed E-state index contributed by atoms with van der Waals surface area (Å²) in [6.07, 6.45) is 12.6. The van der Waals surface area contributed by atoms with Crippen molar-refractivity contribution in [2.24, 2.45) is 0 Å². The number of allylic oxidation sites excluding steroid dienone is 6. The van der Waals surface area contributed by atoms with E-state index in [0.717, 1.165) is 35.3 Å². The van der Waals surface area contributed by atoms with Crippen molar-refractivity contribution < 1.29 is 36.8 Å². The van der Waals surface area contributed by atoms with Crippen LogP contribution in [0.4, 0.5) is 11.4 Å². The lowest BCUT2D eigenvalue weighted by Crippen LogP contribution is -2.31. The summed E-state index contributed by atoms with van der Waals surface area (Å²) >= 11 is 0. The molecule has 10 nitrogen and oxygen atoms in total. The number of nitrogens with zero attached hydrogens (tertiary/aromatic N) is 3. The van der Waals surface area contributed by atoms with Crippen molar-refractivity contribution >= 4 is 66.5 Å². The molecule has 3 heterocycles. The van der Waals surface area contributed by atoms with Gasteiger partial charge < -0.3 is 9.74 Å². The molecule has 0 atom stereocenters. The first-order valence-electron chi connectivity index (χ1n) is 19.7. The van der Waals surface area contributed by atoms with Crippen LogP contribution in [0.15, 0.2) is 102 Å². The van der Waals surface area contributed by atoms with Crippen molar-refractivity contribution in [3.63, 3.8) is 0 Å². The fraction of sp³-hybridized carbons (Fsp3) is 0.348. The highest BCUT2D eigenvalue weighted by Crippen LogP contribution is 2.51. The number of benzene rings is 4. The summed E-state index contributed by atoms with van der Waals surface area (Å²) in [6.45, 7) is 14.6. The van der Waals surface area contributed by atoms with E-state index in [2.05, 4.69) is 99.6 Å². The van der Waals surface area contributed by atoms with E-state index < -0.39 is 33.3 Å². The maximum Gasteiger partial charge on any atom is 0.333 e. The highest BCUT2D eigenvalue weighted by molar-refractivity contribution is 7.86. The number of amides is 2. The Bertz CT molecular complexity index is 2560. The monoisotopic (exact) mass is 788 g/mol. The number of aryl methyl sites for hydroxylation is 1. The number of imide groups is 1. The number of fused-ring (bicyclic) bond motifs is 6. The Kier molecular flexibility index (Phi) is 10.6. The molecule has 1 fully saturated rings. The Labute approximate surface area is 334 Å². The second-order valence-electron chi connectivity index (χ2n) is 16.1. The van der Waals surface area contributed by atoms with Crippen LogP contribution < -0.4 is 4.90 Å². The lowest BCUT2D eigenvalue weighted by Gasteiger charge is -2.26. The molecule has 4 aromatic rings. The smallest absolute Gasteiger partial charge is 0.333 e. The number of rotatable bonds is 12. The van der Waals surface area contributed by atoms with Gasteiger partial charge in [-0.1, -0.05) is 68.5 Å². The summed E-state index contributed by atoms with van der Waals surface area (Å²) < 4.78 is 37.1. The van der Waals surface area contributed by atoms with Crippen LogP contribution in [-0.4, -0.2) is 59.2 Å². The Hall–Kier alpha value is -5.39. The van der Waals surface area contributed by atoms with Gasteiger partial charge in [0.1, 0.15) is 11.4 Å². The van der Waals surface area contributed by atoms with Gasteiger partial charge in [-0.25, -0.2) is 4.79 Å². The molecule has 0 aromatic heterocycles. The average Bonchev–Trinajstić information content (AvgIpc) is 3.68. The van der Waals surface area contributed by atoms with E-state index in [4.69, 9.17) is 4.84 Å². The summed E-state index contributed by atoms with van der Waals surface area (Å²) in [7, 11) is -4.46. The summed E-state index contributed by atoms with van der Waals surface area (Å²) in [5, 5.41) is 4.35. The largest absolute Gasteiger partial charge is 0.344 e. The standard InChI is InChI=1S/C46H49N3O7S/c1-7-47-35-25-23-31-30(2)16-14-17-33(31)43(35)45(3,4)38(47)20-10-8-11-21-39-46(5,6)44-34-18-15-19-37(57(53,54)55)32(34)24-26-36(44)48(39)29-13-9-12-22-42(52)56-49-40(50)27-28-41(49)51/h8,10-11,14-21,23-26H,7,9,12-13,22,27-29H2,1-6H3/p+1. The van der Waals surface area contributed by atoms with Gasteiger partial charge in [-0.05, 0) is 92.1 Å². The van der Waals surface area contributed by atoms with Crippen LogP contribution >= 0.6 is 0 Å². The molecule has 1 saturated heterocycles. The van der Waals surface area contributed by atoms with Gasteiger partial charge in [0, 0.05) is 72.1 Å². The third kappa shape index (κ3) is 7.12. The number of likely N-dealkylation sites (N-methyl/N-ethyl adjacent to an activating group) is 1. The molecule has 0 spiro atoms. The van der Waals surface area contributed by atoms with Crippen molar-refractivity contribution in [2.75, 3.05) is 18.0 Å². The molecule has 3 aliphatic rings. The zero-order valence-electron chi connectivity index (χ0n) is 33.5. The van der Waals surface area contributed by atoms with Crippen molar-refractivity contribution in [3.05, 3.63) is 113 Å². The summed E-state index contributed by atoms with van der Waals surface area (Å²) in [5.41, 5.74) is 7.26. The van der Waals surface area contributed by atoms with Gasteiger partial charge in [-0.2, -0.15) is 13.0 Å². The number of hydrogen-bond donors (Lipinski definition) is 1. The molecule has 0 aliphatic carbocycles. The van der Waals surface area contributed by atoms with Gasteiger partial charge in [-0.3, -0.25) is 14.1 Å². The third-order valence-electron chi connectivity index (χ3n) is 11.7. The zero-order chi connectivity index (χ0) is 40.9. The maximum atomic E-state index is 12.4. The number of carbonyl (C=O) groups excluding carboxylic acids is 3. The van der Waals surface area contributed by atoms with Gasteiger partial charge in [0.15, 0.2) is 5.71 Å². The van der Waals surface area contributed by atoms with Crippen molar-refractivity contribution in [1.82, 2.24) is 5.06 Å². The zero-order valence-corrected chi connectivity index (χ0v) is 34.3. The van der Waals surface area contributed by atoms with E-state index in [1.807, 2.05) is 24.3 Å². The van der Waals surface area contributed by atoms with Gasteiger partial charge in [0.25, 0.3) is 21.9 Å². The van der Waals surface area contributed by atoms with Gasteiger partial charge in [0.2, 0.25) is 5.69 Å². The van der Waals surface area contributed by atoms with Crippen molar-refractivity contribution in [1.29, 1.82) is 0 Å². The van der Waals surface area contributed by atoms with E-state index in [1.165, 1.54) is 39.4 Å². The minimum atomic E-state index is -4.46. The first-order valence-corrected chi connectivity index (χ1v) is 21.1. The van der Waals surface area contributed by atoms with Crippen LogP contribution in [0.3, 0.4) is 0 Å². The molecule has 57 heavy (non-hydrogen) atoms. The topological polar surface area (TPSA) is 124 Å². The van der Waals surface area contributed by atoms with Crippen LogP contribution in [0, 0.1) is 6.92 Å². The molecule has 0 radical (unpaired) electrons. The number of hydroxylamine groups is 2. The van der Waals surface area contributed by atoms with E-state index in [-0.39, 0.29) is 29.6 Å². The predicted molar refractivity (Wildman–Crippen MR) is 223 cm³/mol.